The lowest BCUT2D eigenvalue weighted by Gasteiger charge is -2.44. The first-order valence-electron chi connectivity index (χ1n) is 24.6. The second-order valence-electron chi connectivity index (χ2n) is 20.1. The van der Waals surface area contributed by atoms with Gasteiger partial charge < -0.3 is 9.80 Å². The van der Waals surface area contributed by atoms with Crippen LogP contribution in [0.1, 0.15) is 51.7 Å². The predicted octanol–water partition coefficient (Wildman–Crippen LogP) is 15.9. The molecule has 2 aliphatic rings. The Morgan fingerprint density at radius 1 is 0.343 bits per heavy atom. The van der Waals surface area contributed by atoms with E-state index in [4.69, 9.17) is 0 Å². The molecule has 13 rings (SSSR count). The summed E-state index contributed by atoms with van der Waals surface area (Å²) >= 11 is 0. The predicted molar refractivity (Wildman–Crippen MR) is 292 cm³/mol. The van der Waals surface area contributed by atoms with Crippen LogP contribution in [0.3, 0.4) is 0 Å². The lowest BCUT2D eigenvalue weighted by atomic mass is 9.33. The highest BCUT2D eigenvalue weighted by Gasteiger charge is 2.43. The van der Waals surface area contributed by atoms with Gasteiger partial charge in [0, 0.05) is 33.8 Å². The van der Waals surface area contributed by atoms with Gasteiger partial charge in [0.1, 0.15) is 0 Å². The van der Waals surface area contributed by atoms with Crippen molar-refractivity contribution in [1.29, 1.82) is 0 Å². The van der Waals surface area contributed by atoms with Gasteiger partial charge in [-0.15, -0.1) is 0 Å². The first-order valence-corrected chi connectivity index (χ1v) is 24.6. The summed E-state index contributed by atoms with van der Waals surface area (Å²) in [6.45, 7) is 9.44. The number of hydrogen-bond acceptors (Lipinski definition) is 2. The normalized spacial score (nSPS) is 13.2. The van der Waals surface area contributed by atoms with Crippen LogP contribution in [-0.4, -0.2) is 6.71 Å². The number of benzene rings is 11. The molecule has 0 aromatic heterocycles. The Morgan fingerprint density at radius 3 is 1.27 bits per heavy atom. The smallest absolute Gasteiger partial charge is 0.252 e. The summed E-state index contributed by atoms with van der Waals surface area (Å²) in [6, 6.07) is 72.1. The third-order valence-corrected chi connectivity index (χ3v) is 15.1. The average Bonchev–Trinajstić information content (AvgIpc) is 3.37. The van der Waals surface area contributed by atoms with Gasteiger partial charge in [0.15, 0.2) is 0 Å². The molecule has 2 heterocycles. The lowest BCUT2D eigenvalue weighted by molar-refractivity contribution is 0.587. The third kappa shape index (κ3) is 6.24. The number of nitrogens with zero attached hydrogens (tertiary/aromatic N) is 2. The van der Waals surface area contributed by atoms with Crippen LogP contribution < -0.4 is 26.2 Å². The number of rotatable bonds is 8. The summed E-state index contributed by atoms with van der Waals surface area (Å²) in [5.41, 5.74) is 14.4. The maximum Gasteiger partial charge on any atom is 0.252 e. The van der Waals surface area contributed by atoms with Gasteiger partial charge in [0.25, 0.3) is 6.71 Å². The van der Waals surface area contributed by atoms with Gasteiger partial charge >= 0.3 is 0 Å². The van der Waals surface area contributed by atoms with Crippen molar-refractivity contribution in [2.45, 2.75) is 53.4 Å². The average molecular weight is 861 g/mol. The van der Waals surface area contributed by atoms with Crippen LogP contribution in [-0.2, 0) is 12.8 Å². The molecule has 0 unspecified atom stereocenters. The van der Waals surface area contributed by atoms with Gasteiger partial charge in [0.05, 0.1) is 5.69 Å². The maximum atomic E-state index is 2.63. The topological polar surface area (TPSA) is 6.48 Å². The Morgan fingerprint density at radius 2 is 0.746 bits per heavy atom. The van der Waals surface area contributed by atoms with Crippen molar-refractivity contribution in [1.82, 2.24) is 0 Å². The summed E-state index contributed by atoms with van der Waals surface area (Å²) < 4.78 is 0. The second kappa shape index (κ2) is 15.6. The fourth-order valence-electron chi connectivity index (χ4n) is 12.0. The van der Waals surface area contributed by atoms with Crippen LogP contribution >= 0.6 is 0 Å². The van der Waals surface area contributed by atoms with Gasteiger partial charge in [-0.05, 0) is 167 Å². The number of hydrogen-bond donors (Lipinski definition) is 0. The summed E-state index contributed by atoms with van der Waals surface area (Å²) in [5.74, 6) is 1.26. The second-order valence-corrected chi connectivity index (χ2v) is 20.1. The Hall–Kier alpha value is -7.36. The Balaban J connectivity index is 1.12. The zero-order valence-electron chi connectivity index (χ0n) is 38.9. The number of anilines is 6. The van der Waals surface area contributed by atoms with Crippen LogP contribution in [0.2, 0.25) is 0 Å². The fraction of sp³-hybridized carbons (Fsp3) is 0.156. The highest BCUT2D eigenvalue weighted by Crippen LogP contribution is 2.49. The monoisotopic (exact) mass is 860 g/mol. The van der Waals surface area contributed by atoms with E-state index in [0.29, 0.717) is 11.8 Å². The Kier molecular flexibility index (Phi) is 9.33. The number of fused-ring (bicyclic) bond motifs is 16. The molecule has 2 aliphatic heterocycles. The van der Waals surface area contributed by atoms with E-state index in [1.165, 1.54) is 126 Å². The summed E-state index contributed by atoms with van der Waals surface area (Å²) in [6.07, 6.45) is 4.44. The fourth-order valence-corrected chi connectivity index (χ4v) is 12.0. The molecule has 0 aliphatic carbocycles. The molecule has 11 aromatic carbocycles. The molecule has 0 bridgehead atoms. The Bertz CT molecular complexity index is 3730. The minimum atomic E-state index is 0.0551. The maximum absolute atomic E-state index is 2.63. The van der Waals surface area contributed by atoms with E-state index in [9.17, 15) is 0 Å². The lowest BCUT2D eigenvalue weighted by Crippen LogP contribution is -2.61. The van der Waals surface area contributed by atoms with Crippen LogP contribution in [0.4, 0.5) is 34.1 Å². The van der Waals surface area contributed by atoms with E-state index >= 15 is 0 Å². The first kappa shape index (κ1) is 40.0. The molecular formula is C64H53BN2. The standard InChI is InChI=1S/C64H53BN2/c1-40(2)27-29-42-31-35-58-56(37-42)65-57-38-43(30-28-41(3)4)32-36-59(57)67(60-24-13-23-54-50-19-9-7-18-48(50)49-20-11-12-22-53(49)63(54)60)62-26-14-25-61(64(62)65)66(58)44-33-34-52-47-17-6-5-15-45(47)46-16-8-10-21-51(46)55(52)39-44/h5-26,31-41H,27-30H2,1-4H3. The van der Waals surface area contributed by atoms with E-state index < -0.39 is 0 Å². The number of aryl methyl sites for hydroxylation is 2. The van der Waals surface area contributed by atoms with Crippen LogP contribution in [0, 0.1) is 11.8 Å². The van der Waals surface area contributed by atoms with E-state index in [1.54, 1.807) is 0 Å². The molecule has 0 amide bonds. The first-order chi connectivity index (χ1) is 32.9. The van der Waals surface area contributed by atoms with Gasteiger partial charge in [-0.1, -0.05) is 173 Å². The van der Waals surface area contributed by atoms with Gasteiger partial charge in [0.2, 0.25) is 0 Å². The highest BCUT2D eigenvalue weighted by molar-refractivity contribution is 7.00. The molecule has 0 fully saturated rings. The molecule has 67 heavy (non-hydrogen) atoms. The molecule has 0 spiro atoms. The minimum Gasteiger partial charge on any atom is -0.311 e. The van der Waals surface area contributed by atoms with Gasteiger partial charge in [-0.25, -0.2) is 0 Å². The van der Waals surface area contributed by atoms with Crippen molar-refractivity contribution >= 4 is 122 Å². The van der Waals surface area contributed by atoms with Crippen LogP contribution in [0.25, 0.3) is 64.6 Å². The quantitative estimate of drug-likeness (QED) is 0.111. The van der Waals surface area contributed by atoms with Crippen LogP contribution in [0.15, 0.2) is 188 Å². The highest BCUT2D eigenvalue weighted by atomic mass is 15.2. The molecule has 0 saturated carbocycles. The molecule has 0 radical (unpaired) electrons. The molecular weight excluding hydrogens is 808 g/mol. The summed E-state index contributed by atoms with van der Waals surface area (Å²) in [5, 5.41) is 15.5. The molecule has 322 valence electrons. The van der Waals surface area contributed by atoms with Crippen molar-refractivity contribution in [3.63, 3.8) is 0 Å². The zero-order chi connectivity index (χ0) is 44.9. The van der Waals surface area contributed by atoms with Crippen LogP contribution in [0.5, 0.6) is 0 Å². The molecule has 2 nitrogen and oxygen atoms in total. The van der Waals surface area contributed by atoms with E-state index in [2.05, 4.69) is 226 Å². The SMILES string of the molecule is CC(C)CCc1ccc2c(c1)B1c3cc(CCC(C)C)ccc3N(c3cccc4c5ccccc5c5ccccc5c34)c3cccc(c31)N2c1ccc2c3ccccc3c3ccccc3c2c1. The van der Waals surface area contributed by atoms with E-state index in [-0.39, 0.29) is 6.71 Å². The van der Waals surface area contributed by atoms with Crippen molar-refractivity contribution in [3.05, 3.63) is 199 Å². The van der Waals surface area contributed by atoms with Crippen molar-refractivity contribution in [2.75, 3.05) is 9.80 Å². The zero-order valence-corrected chi connectivity index (χ0v) is 38.9. The van der Waals surface area contributed by atoms with Crippen molar-refractivity contribution in [3.8, 4) is 0 Å². The summed E-state index contributed by atoms with van der Waals surface area (Å²) in [4.78, 5) is 5.23. The molecule has 3 heteroatoms. The summed E-state index contributed by atoms with van der Waals surface area (Å²) in [7, 11) is 0. The van der Waals surface area contributed by atoms with Gasteiger partial charge in [-0.2, -0.15) is 0 Å². The van der Waals surface area contributed by atoms with E-state index in [1.807, 2.05) is 0 Å². The molecule has 0 N–H and O–H groups in total. The largest absolute Gasteiger partial charge is 0.311 e. The van der Waals surface area contributed by atoms with Gasteiger partial charge in [-0.3, -0.25) is 0 Å². The van der Waals surface area contributed by atoms with Crippen molar-refractivity contribution in [2.24, 2.45) is 11.8 Å². The third-order valence-electron chi connectivity index (χ3n) is 15.1. The minimum absolute atomic E-state index is 0.0551. The van der Waals surface area contributed by atoms with Crippen molar-refractivity contribution < 1.29 is 0 Å². The molecule has 0 atom stereocenters. The molecule has 11 aromatic rings. The Labute approximate surface area is 394 Å². The molecule has 0 saturated heterocycles. The van der Waals surface area contributed by atoms with E-state index in [0.717, 1.165) is 25.7 Å².